The average Bonchev–Trinajstić information content (AvgIpc) is 3.50. The normalized spacial score (nSPS) is 20.1. The smallest absolute Gasteiger partial charge is 0.354 e. The number of nitrogens with zero attached hydrogens (tertiary/aromatic N) is 3. The van der Waals surface area contributed by atoms with Crippen LogP contribution in [-0.4, -0.2) is 93.3 Å². The minimum atomic E-state index is -5.93. The number of hydrogen-bond acceptors (Lipinski definition) is 5. The molecule has 2 aliphatic rings. The van der Waals surface area contributed by atoms with Crippen molar-refractivity contribution >= 4 is 21.8 Å². The summed E-state index contributed by atoms with van der Waals surface area (Å²) in [5.74, 6) is -1.51. The highest BCUT2D eigenvalue weighted by molar-refractivity contribution is 7.92. The van der Waals surface area contributed by atoms with E-state index in [0.29, 0.717) is 31.4 Å². The molecule has 0 radical (unpaired) electrons. The molecular weight excluding hydrogens is 683 g/mol. The molecule has 0 bridgehead atoms. The Hall–Kier alpha value is -3.40. The molecule has 2 aromatic carbocycles. The number of alkyl halides is 6. The summed E-state index contributed by atoms with van der Waals surface area (Å²) >= 11 is 0. The molecule has 2 saturated heterocycles. The highest BCUT2D eigenvalue weighted by Gasteiger charge is 2.73. The molecule has 2 aromatic rings. The Balaban J connectivity index is 1.76. The van der Waals surface area contributed by atoms with E-state index in [1.807, 2.05) is 6.92 Å². The van der Waals surface area contributed by atoms with Crippen molar-refractivity contribution in [3.8, 4) is 0 Å². The predicted octanol–water partition coefficient (Wildman–Crippen LogP) is 6.65. The lowest BCUT2D eigenvalue weighted by Gasteiger charge is -2.38. The fourth-order valence-corrected chi connectivity index (χ4v) is 8.53. The van der Waals surface area contributed by atoms with Crippen molar-refractivity contribution in [2.24, 2.45) is 5.92 Å². The molecule has 8 nitrogen and oxygen atoms in total. The van der Waals surface area contributed by atoms with E-state index in [2.05, 4.69) is 0 Å². The zero-order valence-corrected chi connectivity index (χ0v) is 28.2. The number of benzene rings is 2. The SMILES string of the molecule is CCCCC(C)COC(c1ccc([C@]2(S(=O)(=O)c3ccc(F)cc3)CCN(C(=O)N3CCN(C(C)=O)CC3)C2)cc1)(C(F)(F)F)C(F)(F)F. The highest BCUT2D eigenvalue weighted by Crippen LogP contribution is 2.54. The average molecular weight is 724 g/mol. The molecule has 0 aromatic heterocycles. The summed E-state index contributed by atoms with van der Waals surface area (Å²) in [5, 5.41) is 0. The van der Waals surface area contributed by atoms with Gasteiger partial charge in [-0.05, 0) is 48.6 Å². The molecule has 272 valence electrons. The minimum Gasteiger partial charge on any atom is -0.354 e. The number of piperazine rings is 1. The number of likely N-dealkylation sites (tertiary alicyclic amines) is 1. The topological polar surface area (TPSA) is 87.2 Å². The van der Waals surface area contributed by atoms with Crippen molar-refractivity contribution < 1.29 is 53.5 Å². The molecule has 2 fully saturated rings. The van der Waals surface area contributed by atoms with Gasteiger partial charge in [0.25, 0.3) is 5.60 Å². The van der Waals surface area contributed by atoms with Crippen molar-refractivity contribution in [1.82, 2.24) is 14.7 Å². The van der Waals surface area contributed by atoms with Gasteiger partial charge in [0.15, 0.2) is 9.84 Å². The van der Waals surface area contributed by atoms with Crippen molar-refractivity contribution in [3.05, 3.63) is 65.5 Å². The van der Waals surface area contributed by atoms with Crippen LogP contribution in [0, 0.1) is 11.7 Å². The van der Waals surface area contributed by atoms with Crippen LogP contribution in [0.3, 0.4) is 0 Å². The fraction of sp³-hybridized carbons (Fsp3) is 0.576. The first-order valence-corrected chi connectivity index (χ1v) is 17.5. The number of carbonyl (C=O) groups is 2. The lowest BCUT2D eigenvalue weighted by molar-refractivity contribution is -0.391. The second kappa shape index (κ2) is 14.4. The molecule has 2 aliphatic heterocycles. The van der Waals surface area contributed by atoms with E-state index < -0.39 is 69.0 Å². The van der Waals surface area contributed by atoms with E-state index in [4.69, 9.17) is 4.74 Å². The number of hydrogen-bond donors (Lipinski definition) is 0. The molecule has 0 aliphatic carbocycles. The van der Waals surface area contributed by atoms with Crippen LogP contribution in [0.2, 0.25) is 0 Å². The Morgan fingerprint density at radius 1 is 0.857 bits per heavy atom. The second-order valence-corrected chi connectivity index (χ2v) is 15.0. The van der Waals surface area contributed by atoms with Crippen LogP contribution in [0.15, 0.2) is 53.4 Å². The Kier molecular flexibility index (Phi) is 11.3. The molecule has 4 rings (SSSR count). The number of urea groups is 1. The third-order valence-corrected chi connectivity index (χ3v) is 11.9. The van der Waals surface area contributed by atoms with Gasteiger partial charge >= 0.3 is 18.4 Å². The lowest BCUT2D eigenvalue weighted by Crippen LogP contribution is -2.56. The van der Waals surface area contributed by atoms with Crippen LogP contribution in [-0.2, 0) is 29.7 Å². The molecule has 0 saturated carbocycles. The van der Waals surface area contributed by atoms with Gasteiger partial charge in [-0.3, -0.25) is 4.79 Å². The van der Waals surface area contributed by atoms with Gasteiger partial charge in [0.1, 0.15) is 10.6 Å². The van der Waals surface area contributed by atoms with Gasteiger partial charge in [-0.1, -0.05) is 51.0 Å². The quantitative estimate of drug-likeness (QED) is 0.203. The van der Waals surface area contributed by atoms with Gasteiger partial charge < -0.3 is 19.4 Å². The van der Waals surface area contributed by atoms with Crippen LogP contribution in [0.25, 0.3) is 0 Å². The Bertz CT molecular complexity index is 1560. The van der Waals surface area contributed by atoms with E-state index in [0.717, 1.165) is 36.4 Å². The van der Waals surface area contributed by atoms with Gasteiger partial charge in [-0.25, -0.2) is 17.6 Å². The maximum absolute atomic E-state index is 14.5. The van der Waals surface area contributed by atoms with E-state index in [1.165, 1.54) is 23.6 Å². The van der Waals surface area contributed by atoms with Gasteiger partial charge in [-0.15, -0.1) is 0 Å². The number of unbranched alkanes of at least 4 members (excludes halogenated alkanes) is 1. The molecule has 1 unspecified atom stereocenters. The molecular formula is C33H40F7N3O5S. The molecule has 0 N–H and O–H groups in total. The fourth-order valence-electron chi connectivity index (χ4n) is 6.45. The highest BCUT2D eigenvalue weighted by atomic mass is 32.2. The van der Waals surface area contributed by atoms with Crippen LogP contribution in [0.1, 0.15) is 57.6 Å². The first kappa shape index (κ1) is 38.4. The summed E-state index contributed by atoms with van der Waals surface area (Å²) in [5.41, 5.74) is -6.11. The van der Waals surface area contributed by atoms with Crippen molar-refractivity contribution in [1.29, 1.82) is 0 Å². The third kappa shape index (κ3) is 7.40. The number of halogens is 7. The molecule has 49 heavy (non-hydrogen) atoms. The lowest BCUT2D eigenvalue weighted by atomic mass is 9.88. The minimum absolute atomic E-state index is 0.109. The summed E-state index contributed by atoms with van der Waals surface area (Å²) < 4.78 is 132. The first-order chi connectivity index (χ1) is 22.8. The van der Waals surface area contributed by atoms with E-state index in [-0.39, 0.29) is 55.5 Å². The third-order valence-electron chi connectivity index (χ3n) is 9.39. The van der Waals surface area contributed by atoms with Crippen molar-refractivity contribution in [2.45, 2.75) is 74.1 Å². The summed E-state index contributed by atoms with van der Waals surface area (Å²) in [6.07, 6.45) is -10.5. The van der Waals surface area contributed by atoms with Crippen LogP contribution in [0.5, 0.6) is 0 Å². The first-order valence-electron chi connectivity index (χ1n) is 16.0. The van der Waals surface area contributed by atoms with Gasteiger partial charge in [0.05, 0.1) is 11.5 Å². The zero-order chi connectivity index (χ0) is 36.4. The number of rotatable bonds is 10. The Morgan fingerprint density at radius 2 is 1.41 bits per heavy atom. The monoisotopic (exact) mass is 723 g/mol. The molecule has 0 spiro atoms. The predicted molar refractivity (Wildman–Crippen MR) is 166 cm³/mol. The van der Waals surface area contributed by atoms with Gasteiger partial charge in [-0.2, -0.15) is 26.3 Å². The number of sulfone groups is 1. The molecule has 2 atom stereocenters. The molecule has 2 heterocycles. The standard InChI is InChI=1S/C33H40F7N3O5S/c1-4-5-6-23(2)21-48-31(32(35,36)37,33(38,39)40)26-9-7-25(8-10-26)30(49(46,47)28-13-11-27(34)12-14-28)15-16-43(22-30)29(45)42-19-17-41(18-20-42)24(3)44/h7-14,23H,4-6,15-22H2,1-3H3/t23?,30-/m0/s1. The van der Waals surface area contributed by atoms with Gasteiger partial charge in [0, 0.05) is 51.8 Å². The summed E-state index contributed by atoms with van der Waals surface area (Å²) in [6.45, 7) is 4.18. The van der Waals surface area contributed by atoms with E-state index in [9.17, 15) is 48.7 Å². The number of ether oxygens (including phenoxy) is 1. The summed E-state index contributed by atoms with van der Waals surface area (Å²) in [6, 6.07) is 6.25. The molecule has 16 heteroatoms. The summed E-state index contributed by atoms with van der Waals surface area (Å²) in [7, 11) is -4.53. The maximum Gasteiger partial charge on any atom is 0.430 e. The van der Waals surface area contributed by atoms with Crippen LogP contribution in [0.4, 0.5) is 35.5 Å². The number of amides is 3. The Labute approximate surface area is 281 Å². The van der Waals surface area contributed by atoms with E-state index in [1.54, 1.807) is 4.90 Å². The van der Waals surface area contributed by atoms with Crippen molar-refractivity contribution in [3.63, 3.8) is 0 Å². The second-order valence-electron chi connectivity index (χ2n) is 12.7. The van der Waals surface area contributed by atoms with Crippen LogP contribution >= 0.6 is 0 Å². The number of carbonyl (C=O) groups excluding carboxylic acids is 2. The van der Waals surface area contributed by atoms with E-state index >= 15 is 0 Å². The maximum atomic E-state index is 14.5. The van der Waals surface area contributed by atoms with Gasteiger partial charge in [0.2, 0.25) is 5.91 Å². The van der Waals surface area contributed by atoms with Crippen LogP contribution < -0.4 is 0 Å². The summed E-state index contributed by atoms with van der Waals surface area (Å²) in [4.78, 5) is 29.2. The Morgan fingerprint density at radius 3 is 1.92 bits per heavy atom. The van der Waals surface area contributed by atoms with Crippen molar-refractivity contribution in [2.75, 3.05) is 45.9 Å². The molecule has 3 amide bonds. The largest absolute Gasteiger partial charge is 0.430 e. The zero-order valence-electron chi connectivity index (χ0n) is 27.4.